The number of hydrogen-bond donors (Lipinski definition) is 0. The SMILES string of the molecule is Fc1ccc(-c2coc(-c3ccc(F)cc3)c2)cc1. The van der Waals surface area contributed by atoms with Crippen molar-refractivity contribution in [2.45, 2.75) is 0 Å². The van der Waals surface area contributed by atoms with Crippen molar-refractivity contribution < 1.29 is 13.2 Å². The van der Waals surface area contributed by atoms with Crippen LogP contribution in [0.2, 0.25) is 0 Å². The van der Waals surface area contributed by atoms with Crippen molar-refractivity contribution in [3.05, 3.63) is 72.5 Å². The highest BCUT2D eigenvalue weighted by atomic mass is 19.1. The molecule has 3 heteroatoms. The molecule has 0 aliphatic heterocycles. The van der Waals surface area contributed by atoms with E-state index in [0.717, 1.165) is 16.7 Å². The van der Waals surface area contributed by atoms with Gasteiger partial charge in [0.2, 0.25) is 0 Å². The second-order valence-corrected chi connectivity index (χ2v) is 4.21. The lowest BCUT2D eigenvalue weighted by atomic mass is 10.1. The maximum Gasteiger partial charge on any atom is 0.134 e. The first-order chi connectivity index (χ1) is 9.22. The molecule has 0 spiro atoms. The fraction of sp³-hybridized carbons (Fsp3) is 0. The highest BCUT2D eigenvalue weighted by Crippen LogP contribution is 2.28. The summed E-state index contributed by atoms with van der Waals surface area (Å²) in [6.07, 6.45) is 1.60. The molecule has 0 bridgehead atoms. The number of halogens is 2. The first-order valence-electron chi connectivity index (χ1n) is 5.83. The molecule has 0 fully saturated rings. The van der Waals surface area contributed by atoms with Gasteiger partial charge in [0.15, 0.2) is 0 Å². The molecule has 1 aromatic heterocycles. The zero-order valence-electron chi connectivity index (χ0n) is 9.94. The Morgan fingerprint density at radius 1 is 0.632 bits per heavy atom. The molecule has 1 nitrogen and oxygen atoms in total. The van der Waals surface area contributed by atoms with Crippen molar-refractivity contribution in [2.24, 2.45) is 0 Å². The largest absolute Gasteiger partial charge is 0.464 e. The fourth-order valence-electron chi connectivity index (χ4n) is 1.90. The molecule has 0 atom stereocenters. The zero-order chi connectivity index (χ0) is 13.2. The van der Waals surface area contributed by atoms with Crippen molar-refractivity contribution in [1.29, 1.82) is 0 Å². The van der Waals surface area contributed by atoms with Gasteiger partial charge in [0.1, 0.15) is 17.4 Å². The van der Waals surface area contributed by atoms with E-state index in [-0.39, 0.29) is 11.6 Å². The standard InChI is InChI=1S/C16H10F2O/c17-14-5-1-11(2-6-14)13-9-16(19-10-13)12-3-7-15(18)8-4-12/h1-10H. The minimum absolute atomic E-state index is 0.272. The van der Waals surface area contributed by atoms with Crippen LogP contribution in [0, 0.1) is 11.6 Å². The Hall–Kier alpha value is -2.42. The highest BCUT2D eigenvalue weighted by molar-refractivity contribution is 5.69. The smallest absolute Gasteiger partial charge is 0.134 e. The summed E-state index contributed by atoms with van der Waals surface area (Å²) in [4.78, 5) is 0. The number of rotatable bonds is 2. The van der Waals surface area contributed by atoms with Gasteiger partial charge in [0.05, 0.1) is 6.26 Å². The zero-order valence-corrected chi connectivity index (χ0v) is 9.94. The van der Waals surface area contributed by atoms with Crippen LogP contribution in [0.5, 0.6) is 0 Å². The predicted octanol–water partition coefficient (Wildman–Crippen LogP) is 4.89. The third kappa shape index (κ3) is 2.40. The summed E-state index contributed by atoms with van der Waals surface area (Å²) in [5.41, 5.74) is 2.53. The number of hydrogen-bond acceptors (Lipinski definition) is 1. The average Bonchev–Trinajstić information content (AvgIpc) is 2.90. The molecule has 1 heterocycles. The quantitative estimate of drug-likeness (QED) is 0.636. The molecule has 94 valence electrons. The molecule has 0 aliphatic carbocycles. The van der Waals surface area contributed by atoms with Crippen LogP contribution in [0.15, 0.2) is 65.3 Å². The summed E-state index contributed by atoms with van der Waals surface area (Å²) in [5, 5.41) is 0. The van der Waals surface area contributed by atoms with Gasteiger partial charge in [-0.05, 0) is 48.0 Å². The van der Waals surface area contributed by atoms with E-state index in [4.69, 9.17) is 4.42 Å². The van der Waals surface area contributed by atoms with E-state index in [0.29, 0.717) is 5.76 Å². The molecule has 0 amide bonds. The van der Waals surface area contributed by atoms with E-state index in [2.05, 4.69) is 0 Å². The maximum absolute atomic E-state index is 12.9. The predicted molar refractivity (Wildman–Crippen MR) is 69.5 cm³/mol. The van der Waals surface area contributed by atoms with Crippen LogP contribution in [-0.2, 0) is 0 Å². The molecule has 0 aliphatic rings. The Morgan fingerprint density at radius 3 is 1.74 bits per heavy atom. The van der Waals surface area contributed by atoms with Gasteiger partial charge in [-0.2, -0.15) is 0 Å². The van der Waals surface area contributed by atoms with E-state index in [1.165, 1.54) is 24.3 Å². The minimum Gasteiger partial charge on any atom is -0.464 e. The maximum atomic E-state index is 12.9. The summed E-state index contributed by atoms with van der Waals surface area (Å²) in [6, 6.07) is 14.1. The Morgan fingerprint density at radius 2 is 1.16 bits per heavy atom. The van der Waals surface area contributed by atoms with Gasteiger partial charge in [-0.1, -0.05) is 12.1 Å². The van der Waals surface area contributed by atoms with E-state index in [9.17, 15) is 8.78 Å². The van der Waals surface area contributed by atoms with Gasteiger partial charge in [-0.15, -0.1) is 0 Å². The molecular weight excluding hydrogens is 246 g/mol. The van der Waals surface area contributed by atoms with Crippen molar-refractivity contribution in [3.63, 3.8) is 0 Å². The molecule has 0 saturated carbocycles. The first-order valence-corrected chi connectivity index (χ1v) is 5.83. The molecule has 0 saturated heterocycles. The van der Waals surface area contributed by atoms with Gasteiger partial charge >= 0.3 is 0 Å². The number of furan rings is 1. The molecule has 3 aromatic rings. The Balaban J connectivity index is 1.95. The van der Waals surface area contributed by atoms with E-state index < -0.39 is 0 Å². The second-order valence-electron chi connectivity index (χ2n) is 4.21. The molecule has 19 heavy (non-hydrogen) atoms. The molecule has 0 unspecified atom stereocenters. The van der Waals surface area contributed by atoms with Gasteiger partial charge in [-0.25, -0.2) is 8.78 Å². The van der Waals surface area contributed by atoms with Crippen LogP contribution in [0.4, 0.5) is 8.78 Å². The van der Waals surface area contributed by atoms with Gasteiger partial charge in [0, 0.05) is 11.1 Å². The molecular formula is C16H10F2O. The molecule has 2 aromatic carbocycles. The average molecular weight is 256 g/mol. The van der Waals surface area contributed by atoms with Crippen LogP contribution >= 0.6 is 0 Å². The lowest BCUT2D eigenvalue weighted by Gasteiger charge is -1.96. The summed E-state index contributed by atoms with van der Waals surface area (Å²) in [5.74, 6) is 0.0967. The van der Waals surface area contributed by atoms with Gasteiger partial charge in [0.25, 0.3) is 0 Å². The fourth-order valence-corrected chi connectivity index (χ4v) is 1.90. The summed E-state index contributed by atoms with van der Waals surface area (Å²) in [6.45, 7) is 0. The molecule has 0 radical (unpaired) electrons. The van der Waals surface area contributed by atoms with Crippen molar-refractivity contribution in [2.75, 3.05) is 0 Å². The van der Waals surface area contributed by atoms with Gasteiger partial charge in [-0.3, -0.25) is 0 Å². The third-order valence-corrected chi connectivity index (χ3v) is 2.91. The lowest BCUT2D eigenvalue weighted by molar-refractivity contribution is 0.582. The first kappa shape index (κ1) is 11.7. The van der Waals surface area contributed by atoms with Crippen molar-refractivity contribution in [3.8, 4) is 22.5 Å². The number of benzene rings is 2. The van der Waals surface area contributed by atoms with Crippen LogP contribution < -0.4 is 0 Å². The summed E-state index contributed by atoms with van der Waals surface area (Å²) in [7, 11) is 0. The third-order valence-electron chi connectivity index (χ3n) is 2.91. The molecule has 3 rings (SSSR count). The van der Waals surface area contributed by atoms with Crippen molar-refractivity contribution >= 4 is 0 Å². The van der Waals surface area contributed by atoms with Crippen molar-refractivity contribution in [1.82, 2.24) is 0 Å². The van der Waals surface area contributed by atoms with Crippen LogP contribution in [0.3, 0.4) is 0 Å². The van der Waals surface area contributed by atoms with Gasteiger partial charge < -0.3 is 4.42 Å². The monoisotopic (exact) mass is 256 g/mol. The highest BCUT2D eigenvalue weighted by Gasteiger charge is 2.06. The normalized spacial score (nSPS) is 10.6. The van der Waals surface area contributed by atoms with Crippen LogP contribution in [0.25, 0.3) is 22.5 Å². The Labute approximate surface area is 109 Å². The van der Waals surface area contributed by atoms with E-state index >= 15 is 0 Å². The van der Waals surface area contributed by atoms with E-state index in [1.54, 1.807) is 30.5 Å². The summed E-state index contributed by atoms with van der Waals surface area (Å²) < 4.78 is 31.2. The Kier molecular flexibility index (Phi) is 2.88. The topological polar surface area (TPSA) is 13.1 Å². The van der Waals surface area contributed by atoms with Crippen LogP contribution in [0.1, 0.15) is 0 Å². The lowest BCUT2D eigenvalue weighted by Crippen LogP contribution is -1.76. The Bertz CT molecular complexity index is 622. The summed E-state index contributed by atoms with van der Waals surface area (Å²) >= 11 is 0. The van der Waals surface area contributed by atoms with E-state index in [1.807, 2.05) is 6.07 Å². The molecule has 0 N–H and O–H groups in total. The minimum atomic E-state index is -0.283. The second kappa shape index (κ2) is 4.69. The van der Waals surface area contributed by atoms with Crippen LogP contribution in [-0.4, -0.2) is 0 Å².